The smallest absolute Gasteiger partial charge is 0.351 e. The molecule has 35 heavy (non-hydrogen) atoms. The Hall–Kier alpha value is -4.07. The minimum Gasteiger partial charge on any atom is -0.457 e. The van der Waals surface area contributed by atoms with Gasteiger partial charge in [0.25, 0.3) is 0 Å². The van der Waals surface area contributed by atoms with Crippen molar-refractivity contribution < 1.29 is 9.53 Å². The van der Waals surface area contributed by atoms with Crippen LogP contribution in [0.15, 0.2) is 126 Å². The van der Waals surface area contributed by atoms with Crippen molar-refractivity contribution in [2.75, 3.05) is 0 Å². The average Bonchev–Trinajstić information content (AvgIpc) is 2.92. The number of nitrogens with two attached hydrogens (primary N) is 1. The Morgan fingerprint density at radius 1 is 0.743 bits per heavy atom. The molecule has 0 saturated carbocycles. The molecule has 4 rings (SSSR count). The minimum atomic E-state index is -3.22. The van der Waals surface area contributed by atoms with E-state index < -0.39 is 14.0 Å². The summed E-state index contributed by atoms with van der Waals surface area (Å²) in [5, 5.41) is 7.70. The molecule has 3 N–H and O–H groups in total. The van der Waals surface area contributed by atoms with E-state index in [4.69, 9.17) is 22.7 Å². The fourth-order valence-corrected chi connectivity index (χ4v) is 8.70. The molecule has 5 nitrogen and oxygen atoms in total. The molecule has 0 aliphatic heterocycles. The molecule has 0 fully saturated rings. The van der Waals surface area contributed by atoms with Crippen LogP contribution < -0.4 is 26.7 Å². The Labute approximate surface area is 211 Å². The van der Waals surface area contributed by atoms with Gasteiger partial charge in [0, 0.05) is 0 Å². The lowest BCUT2D eigenvalue weighted by atomic mass is 10.2. The maximum Gasteiger partial charge on any atom is 0.351 e. The summed E-state index contributed by atoms with van der Waals surface area (Å²) in [6.45, 7) is 0.120. The van der Waals surface area contributed by atoms with E-state index in [0.29, 0.717) is 0 Å². The summed E-state index contributed by atoms with van der Waals surface area (Å²) in [5.41, 5.74) is 9.30. The second-order valence-electron chi connectivity index (χ2n) is 7.85. The first-order chi connectivity index (χ1) is 17.1. The first kappa shape index (κ1) is 24.1. The maximum absolute atomic E-state index is 13.9. The molecule has 0 unspecified atom stereocenters. The van der Waals surface area contributed by atoms with Crippen LogP contribution in [0.3, 0.4) is 0 Å². The summed E-state index contributed by atoms with van der Waals surface area (Å²) in [7, 11) is -3.22. The summed E-state index contributed by atoms with van der Waals surface area (Å²) in [5.74, 6) is -0.527. The van der Waals surface area contributed by atoms with Crippen LogP contribution in [0.1, 0.15) is 5.56 Å². The van der Waals surface area contributed by atoms with Crippen LogP contribution in [-0.4, -0.2) is 24.5 Å². The second-order valence-corrected chi connectivity index (χ2v) is 12.0. The summed E-state index contributed by atoms with van der Waals surface area (Å²) >= 11 is 5.04. The van der Waals surface area contributed by atoms with Crippen molar-refractivity contribution in [1.82, 2.24) is 5.43 Å². The molecule has 174 valence electrons. The predicted molar refractivity (Wildman–Crippen MR) is 148 cm³/mol. The first-order valence-electron chi connectivity index (χ1n) is 11.1. The Balaban J connectivity index is 1.95. The van der Waals surface area contributed by atoms with E-state index in [2.05, 4.69) is 10.5 Å². The van der Waals surface area contributed by atoms with Gasteiger partial charge in [-0.05, 0) is 33.3 Å². The number of nitrogens with zero attached hydrogens (tertiary/aromatic N) is 1. The van der Waals surface area contributed by atoms with E-state index in [1.54, 1.807) is 0 Å². The molecule has 4 aromatic rings. The fraction of sp³-hybridized carbons (Fsp3) is 0.0357. The van der Waals surface area contributed by atoms with Gasteiger partial charge in [-0.15, -0.1) is 0 Å². The van der Waals surface area contributed by atoms with Crippen molar-refractivity contribution in [3.05, 3.63) is 127 Å². The second kappa shape index (κ2) is 11.4. The molecule has 0 atom stereocenters. The molecule has 0 aliphatic rings. The zero-order valence-corrected chi connectivity index (χ0v) is 20.8. The molecule has 0 bridgehead atoms. The van der Waals surface area contributed by atoms with Crippen molar-refractivity contribution >= 4 is 52.3 Å². The standard InChI is InChI=1S/C28H25N3O2SSi/c29-28(34)31-30-26(27(32)33-21-22-13-5-1-6-14-22)35(23-15-7-2-8-16-23,24-17-9-3-10-18-24)25-19-11-4-12-20-25/h1-20H,21H2,(H3,29,31,34)/b30-26+. The van der Waals surface area contributed by atoms with Gasteiger partial charge in [0.05, 0.1) is 0 Å². The highest BCUT2D eigenvalue weighted by Crippen LogP contribution is 2.13. The van der Waals surface area contributed by atoms with Crippen molar-refractivity contribution in [2.24, 2.45) is 10.8 Å². The Morgan fingerprint density at radius 3 is 1.54 bits per heavy atom. The van der Waals surface area contributed by atoms with Crippen LogP contribution in [0.25, 0.3) is 0 Å². The van der Waals surface area contributed by atoms with Crippen molar-refractivity contribution in [3.8, 4) is 0 Å². The molecule has 7 heteroatoms. The molecule has 0 heterocycles. The summed E-state index contributed by atoms with van der Waals surface area (Å²) < 4.78 is 5.83. The maximum atomic E-state index is 13.9. The quantitative estimate of drug-likeness (QED) is 0.0982. The van der Waals surface area contributed by atoms with Crippen molar-refractivity contribution in [1.29, 1.82) is 0 Å². The normalized spacial score (nSPS) is 11.5. The molecular formula is C28H25N3O2SSi. The van der Waals surface area contributed by atoms with E-state index in [0.717, 1.165) is 21.1 Å². The summed E-state index contributed by atoms with van der Waals surface area (Å²) in [4.78, 5) is 13.9. The predicted octanol–water partition coefficient (Wildman–Crippen LogP) is 2.63. The van der Waals surface area contributed by atoms with Crippen molar-refractivity contribution in [2.45, 2.75) is 6.61 Å². The van der Waals surface area contributed by atoms with Crippen molar-refractivity contribution in [3.63, 3.8) is 0 Å². The molecule has 0 saturated heterocycles. The monoisotopic (exact) mass is 495 g/mol. The average molecular weight is 496 g/mol. The highest BCUT2D eigenvalue weighted by molar-refractivity contribution is 7.80. The van der Waals surface area contributed by atoms with Crippen LogP contribution in [0.5, 0.6) is 0 Å². The van der Waals surface area contributed by atoms with Gasteiger partial charge in [0.2, 0.25) is 8.07 Å². The third-order valence-corrected chi connectivity index (χ3v) is 10.4. The van der Waals surface area contributed by atoms with Gasteiger partial charge in [-0.3, -0.25) is 5.43 Å². The van der Waals surface area contributed by atoms with Gasteiger partial charge < -0.3 is 10.5 Å². The van der Waals surface area contributed by atoms with E-state index in [-0.39, 0.29) is 17.1 Å². The molecule has 0 aliphatic carbocycles. The van der Waals surface area contributed by atoms with Crippen LogP contribution >= 0.6 is 12.2 Å². The van der Waals surface area contributed by atoms with Gasteiger partial charge in [-0.2, -0.15) is 5.10 Å². The van der Waals surface area contributed by atoms with E-state index in [9.17, 15) is 4.79 Å². The van der Waals surface area contributed by atoms with Gasteiger partial charge in [-0.25, -0.2) is 4.79 Å². The van der Waals surface area contributed by atoms with Gasteiger partial charge in [0.15, 0.2) is 5.11 Å². The van der Waals surface area contributed by atoms with Gasteiger partial charge in [-0.1, -0.05) is 121 Å². The molecule has 4 aromatic carbocycles. The zero-order chi connectivity index (χ0) is 24.5. The Bertz CT molecular complexity index is 1200. The van der Waals surface area contributed by atoms with Gasteiger partial charge >= 0.3 is 5.97 Å². The zero-order valence-electron chi connectivity index (χ0n) is 19.0. The summed E-state index contributed by atoms with van der Waals surface area (Å²) in [6, 6.07) is 39.4. The highest BCUT2D eigenvalue weighted by Gasteiger charge is 2.49. The number of hydrogen-bond acceptors (Lipinski definition) is 4. The van der Waals surface area contributed by atoms with E-state index >= 15 is 0 Å². The van der Waals surface area contributed by atoms with Crippen LogP contribution in [0.4, 0.5) is 0 Å². The fourth-order valence-electron chi connectivity index (χ4n) is 4.16. The number of nitrogens with one attached hydrogen (secondary N) is 1. The molecule has 0 aromatic heterocycles. The van der Waals surface area contributed by atoms with E-state index in [1.807, 2.05) is 121 Å². The van der Waals surface area contributed by atoms with E-state index in [1.165, 1.54) is 0 Å². The number of carbonyl (C=O) groups is 1. The number of thiocarbonyl (C=S) groups is 1. The Kier molecular flexibility index (Phi) is 7.82. The number of hydrogen-bond donors (Lipinski definition) is 2. The van der Waals surface area contributed by atoms with Gasteiger partial charge in [0.1, 0.15) is 11.9 Å². The number of hydrazone groups is 1. The molecule has 0 spiro atoms. The van der Waals surface area contributed by atoms with Crippen LogP contribution in [-0.2, 0) is 16.1 Å². The third kappa shape index (κ3) is 5.37. The lowest BCUT2D eigenvalue weighted by Gasteiger charge is -2.33. The number of rotatable bonds is 8. The van der Waals surface area contributed by atoms with Crippen LogP contribution in [0.2, 0.25) is 0 Å². The Morgan fingerprint density at radius 2 is 1.14 bits per heavy atom. The SMILES string of the molecule is NC(=S)N/N=C(\C(=O)OCc1ccccc1)[Si](c1ccccc1)(c1ccccc1)c1ccccc1. The number of esters is 1. The largest absolute Gasteiger partial charge is 0.457 e. The highest BCUT2D eigenvalue weighted by atomic mass is 32.1. The molecular weight excluding hydrogens is 470 g/mol. The minimum absolute atomic E-state index is 0.0320. The lowest BCUT2D eigenvalue weighted by molar-refractivity contribution is -0.136. The number of ether oxygens (including phenoxy) is 1. The molecule has 0 amide bonds. The topological polar surface area (TPSA) is 76.7 Å². The number of carbonyl (C=O) groups excluding carboxylic acids is 1. The number of benzene rings is 4. The lowest BCUT2D eigenvalue weighted by Crippen LogP contribution is -2.74. The molecule has 0 radical (unpaired) electrons. The third-order valence-electron chi connectivity index (χ3n) is 5.66. The first-order valence-corrected chi connectivity index (χ1v) is 13.5. The van der Waals surface area contributed by atoms with Crippen LogP contribution in [0, 0.1) is 0 Å². The summed E-state index contributed by atoms with van der Waals surface area (Å²) in [6.07, 6.45) is 0.